The zero-order chi connectivity index (χ0) is 29.4. The Morgan fingerprint density at radius 1 is 0.881 bits per heavy atom. The van der Waals surface area contributed by atoms with E-state index in [0.717, 1.165) is 18.2 Å². The molecule has 0 bridgehead atoms. The molecule has 0 spiro atoms. The molecular weight excluding hydrogens is 551 g/mol. The van der Waals surface area contributed by atoms with Gasteiger partial charge in [-0.2, -0.15) is 0 Å². The first kappa shape index (κ1) is 26.6. The fourth-order valence-corrected chi connectivity index (χ4v) is 4.30. The van der Waals surface area contributed by atoms with E-state index in [1.165, 1.54) is 6.33 Å². The van der Waals surface area contributed by atoms with Gasteiger partial charge in [-0.15, -0.1) is 0 Å². The minimum atomic E-state index is -1.33. The maximum atomic E-state index is 14.5. The van der Waals surface area contributed by atoms with Crippen LogP contribution in [-0.2, 0) is 0 Å². The number of hydrogen-bond donors (Lipinski definition) is 3. The van der Waals surface area contributed by atoms with Crippen molar-refractivity contribution in [3.63, 3.8) is 0 Å². The first-order chi connectivity index (χ1) is 20.3. The summed E-state index contributed by atoms with van der Waals surface area (Å²) in [5, 5.41) is 8.96. The number of imidazole rings is 1. The van der Waals surface area contributed by atoms with Crippen molar-refractivity contribution in [3.05, 3.63) is 101 Å². The number of nitrogens with zero attached hydrogens (tertiary/aromatic N) is 4. The molecule has 5 aromatic rings. The molecule has 13 heteroatoms. The summed E-state index contributed by atoms with van der Waals surface area (Å²) >= 11 is 0. The molecule has 0 aliphatic carbocycles. The van der Waals surface area contributed by atoms with E-state index in [1.54, 1.807) is 47.3 Å². The normalized spacial score (nSPS) is 11.8. The van der Waals surface area contributed by atoms with Crippen LogP contribution in [0.1, 0.15) is 21.5 Å². The van der Waals surface area contributed by atoms with Gasteiger partial charge in [0.1, 0.15) is 23.8 Å². The number of nitrogens with one attached hydrogen (secondary N) is 3. The Hall–Kier alpha value is -5.59. The first-order valence-electron chi connectivity index (χ1n) is 12.6. The Balaban J connectivity index is 1.21. The number of aromatic nitrogens is 4. The number of hydrogen-bond acceptors (Lipinski definition) is 8. The minimum Gasteiger partial charge on any atom is -0.454 e. The zero-order valence-electron chi connectivity index (χ0n) is 22.2. The van der Waals surface area contributed by atoms with Crippen molar-refractivity contribution < 1.29 is 27.4 Å². The molecule has 0 radical (unpaired) electrons. The summed E-state index contributed by atoms with van der Waals surface area (Å²) in [6.07, 6.45) is 4.71. The van der Waals surface area contributed by atoms with Gasteiger partial charge in [0, 0.05) is 47.2 Å². The summed E-state index contributed by atoms with van der Waals surface area (Å²) < 4.78 is 54.5. The molecule has 212 valence electrons. The van der Waals surface area contributed by atoms with Crippen molar-refractivity contribution in [2.75, 3.05) is 22.7 Å². The van der Waals surface area contributed by atoms with E-state index < -0.39 is 34.5 Å². The molecule has 3 N–H and O–H groups in total. The van der Waals surface area contributed by atoms with Gasteiger partial charge < -0.3 is 25.4 Å². The number of aryl methyl sites for hydroxylation is 1. The number of fused-ring (bicyclic) bond motifs is 1. The standard InChI is InChI=1S/C29H22F3N7O3/c1-15-3-4-17(37-28(40)19-11-20(30)27(32)16(2)26(19)31)9-21(15)38-29-33-7-8-39(29)25-12-24(34-13-35-25)36-18-5-6-22-23(10-18)42-14-41-22/h3-13H,14H2,1-2H3,(H,33,38)(H,37,40)(H,34,35,36). The summed E-state index contributed by atoms with van der Waals surface area (Å²) in [4.78, 5) is 25.8. The van der Waals surface area contributed by atoms with E-state index in [2.05, 4.69) is 30.9 Å². The topological polar surface area (TPSA) is 115 Å². The van der Waals surface area contributed by atoms with E-state index in [9.17, 15) is 18.0 Å². The van der Waals surface area contributed by atoms with E-state index in [1.807, 2.05) is 19.1 Å². The molecule has 1 amide bonds. The third-order valence-corrected chi connectivity index (χ3v) is 6.55. The Morgan fingerprint density at radius 2 is 1.69 bits per heavy atom. The molecule has 10 nitrogen and oxygen atoms in total. The smallest absolute Gasteiger partial charge is 0.258 e. The van der Waals surface area contributed by atoms with Crippen LogP contribution in [0.2, 0.25) is 0 Å². The number of amides is 1. The molecular formula is C29H22F3N7O3. The highest BCUT2D eigenvalue weighted by Crippen LogP contribution is 2.35. The summed E-state index contributed by atoms with van der Waals surface area (Å²) in [5.74, 6) is -1.93. The average molecular weight is 574 g/mol. The molecule has 1 aliphatic rings. The van der Waals surface area contributed by atoms with Gasteiger partial charge in [-0.1, -0.05) is 6.07 Å². The van der Waals surface area contributed by atoms with Gasteiger partial charge in [0.25, 0.3) is 5.91 Å². The molecule has 0 saturated carbocycles. The fourth-order valence-electron chi connectivity index (χ4n) is 4.30. The van der Waals surface area contributed by atoms with Crippen LogP contribution in [0.15, 0.2) is 67.3 Å². The predicted molar refractivity (Wildman–Crippen MR) is 148 cm³/mol. The van der Waals surface area contributed by atoms with Crippen LogP contribution >= 0.6 is 0 Å². The molecule has 0 unspecified atom stereocenters. The zero-order valence-corrected chi connectivity index (χ0v) is 22.2. The number of carbonyl (C=O) groups is 1. The van der Waals surface area contributed by atoms with Crippen molar-refractivity contribution >= 4 is 34.7 Å². The average Bonchev–Trinajstić information content (AvgIpc) is 3.65. The molecule has 0 atom stereocenters. The highest BCUT2D eigenvalue weighted by Gasteiger charge is 2.21. The lowest BCUT2D eigenvalue weighted by atomic mass is 10.1. The first-order valence-corrected chi connectivity index (χ1v) is 12.6. The van der Waals surface area contributed by atoms with Crippen LogP contribution in [0.5, 0.6) is 11.5 Å². The summed E-state index contributed by atoms with van der Waals surface area (Å²) in [7, 11) is 0. The van der Waals surface area contributed by atoms with Gasteiger partial charge in [-0.25, -0.2) is 28.1 Å². The minimum absolute atomic E-state index is 0.175. The van der Waals surface area contributed by atoms with Crippen molar-refractivity contribution in [2.24, 2.45) is 0 Å². The van der Waals surface area contributed by atoms with E-state index >= 15 is 0 Å². The van der Waals surface area contributed by atoms with E-state index in [-0.39, 0.29) is 6.79 Å². The largest absolute Gasteiger partial charge is 0.454 e. The van der Waals surface area contributed by atoms with E-state index in [0.29, 0.717) is 46.5 Å². The van der Waals surface area contributed by atoms with Gasteiger partial charge in [-0.3, -0.25) is 9.36 Å². The van der Waals surface area contributed by atoms with Crippen molar-refractivity contribution in [1.82, 2.24) is 19.5 Å². The van der Waals surface area contributed by atoms with Crippen molar-refractivity contribution in [1.29, 1.82) is 0 Å². The van der Waals surface area contributed by atoms with Crippen molar-refractivity contribution in [3.8, 4) is 17.3 Å². The monoisotopic (exact) mass is 573 g/mol. The second kappa shape index (κ2) is 10.8. The van der Waals surface area contributed by atoms with E-state index in [4.69, 9.17) is 9.47 Å². The lowest BCUT2D eigenvalue weighted by molar-refractivity contribution is 0.102. The molecule has 1 aliphatic heterocycles. The Morgan fingerprint density at radius 3 is 2.55 bits per heavy atom. The molecule has 3 aromatic carbocycles. The van der Waals surface area contributed by atoms with Crippen LogP contribution in [0.4, 0.5) is 42.0 Å². The van der Waals surface area contributed by atoms with Crippen LogP contribution < -0.4 is 25.4 Å². The van der Waals surface area contributed by atoms with Gasteiger partial charge in [0.15, 0.2) is 23.1 Å². The van der Waals surface area contributed by atoms with Gasteiger partial charge in [0.05, 0.1) is 5.56 Å². The lowest BCUT2D eigenvalue weighted by Gasteiger charge is -2.14. The second-order valence-electron chi connectivity index (χ2n) is 9.34. The molecule has 2 aromatic heterocycles. The lowest BCUT2D eigenvalue weighted by Crippen LogP contribution is -2.16. The molecule has 3 heterocycles. The second-order valence-corrected chi connectivity index (χ2v) is 9.34. The van der Waals surface area contributed by atoms with Crippen molar-refractivity contribution in [2.45, 2.75) is 13.8 Å². The predicted octanol–water partition coefficient (Wildman–Crippen LogP) is 6.16. The molecule has 6 rings (SSSR count). The van der Waals surface area contributed by atoms with Gasteiger partial charge in [-0.05, 0) is 49.7 Å². The Kier molecular flexibility index (Phi) is 6.82. The van der Waals surface area contributed by atoms with Crippen LogP contribution in [0.3, 0.4) is 0 Å². The third-order valence-electron chi connectivity index (χ3n) is 6.55. The Bertz CT molecular complexity index is 1840. The fraction of sp³-hybridized carbons (Fsp3) is 0.103. The van der Waals surface area contributed by atoms with Crippen LogP contribution in [0.25, 0.3) is 5.82 Å². The highest BCUT2D eigenvalue weighted by molar-refractivity contribution is 6.05. The molecule has 0 fully saturated rings. The number of benzene rings is 3. The maximum Gasteiger partial charge on any atom is 0.258 e. The van der Waals surface area contributed by atoms with Crippen LogP contribution in [-0.4, -0.2) is 32.2 Å². The molecule has 42 heavy (non-hydrogen) atoms. The quantitative estimate of drug-likeness (QED) is 0.198. The van der Waals surface area contributed by atoms with Crippen LogP contribution in [0, 0.1) is 31.3 Å². The number of anilines is 5. The van der Waals surface area contributed by atoms with Gasteiger partial charge >= 0.3 is 0 Å². The number of rotatable bonds is 7. The third kappa shape index (κ3) is 5.14. The number of carbonyl (C=O) groups excluding carboxylic acids is 1. The summed E-state index contributed by atoms with van der Waals surface area (Å²) in [6, 6.07) is 12.7. The summed E-state index contributed by atoms with van der Waals surface area (Å²) in [6.45, 7) is 3.08. The maximum absolute atomic E-state index is 14.5. The van der Waals surface area contributed by atoms with Gasteiger partial charge in [0.2, 0.25) is 12.7 Å². The highest BCUT2D eigenvalue weighted by atomic mass is 19.2. The number of ether oxygens (including phenoxy) is 2. The summed E-state index contributed by atoms with van der Waals surface area (Å²) in [5.41, 5.74) is 1.26. The molecule has 0 saturated heterocycles. The number of halogens is 3. The SMILES string of the molecule is Cc1ccc(NC(=O)c2cc(F)c(F)c(C)c2F)cc1Nc1nccn1-c1cc(Nc2ccc3c(c2)OCO3)ncn1. The Labute approximate surface area is 237 Å².